The molecule has 1 aliphatic rings. The Hall–Kier alpha value is -4.53. The SMILES string of the molecule is Nc1ncnc2c1ncn2CCCOC(=O)c1c2c(nc3ccccc13)/C(=C\c1ccco1)CC2. The van der Waals surface area contributed by atoms with E-state index in [9.17, 15) is 4.79 Å². The zero-order valence-electron chi connectivity index (χ0n) is 18.8. The molecule has 0 spiro atoms. The van der Waals surface area contributed by atoms with E-state index in [-0.39, 0.29) is 12.6 Å². The fourth-order valence-corrected chi connectivity index (χ4v) is 4.59. The number of nitrogens with two attached hydrogens (primary N) is 1. The Morgan fingerprint density at radius 2 is 2.06 bits per heavy atom. The van der Waals surface area contributed by atoms with Crippen LogP contribution in [-0.2, 0) is 17.7 Å². The van der Waals surface area contributed by atoms with Gasteiger partial charge in [-0.2, -0.15) is 0 Å². The lowest BCUT2D eigenvalue weighted by molar-refractivity contribution is 0.0497. The fourth-order valence-electron chi connectivity index (χ4n) is 4.59. The van der Waals surface area contributed by atoms with Gasteiger partial charge in [0.05, 0.1) is 36.0 Å². The van der Waals surface area contributed by atoms with Crippen molar-refractivity contribution in [3.63, 3.8) is 0 Å². The van der Waals surface area contributed by atoms with Crippen molar-refractivity contribution < 1.29 is 13.9 Å². The first-order chi connectivity index (χ1) is 17.2. The van der Waals surface area contributed by atoms with Gasteiger partial charge in [0.15, 0.2) is 11.5 Å². The molecule has 0 aliphatic heterocycles. The molecule has 2 N–H and O–H groups in total. The van der Waals surface area contributed by atoms with Crippen LogP contribution in [0.4, 0.5) is 5.82 Å². The van der Waals surface area contributed by atoms with E-state index in [0.717, 1.165) is 46.3 Å². The molecule has 9 nitrogen and oxygen atoms in total. The molecule has 0 atom stereocenters. The highest BCUT2D eigenvalue weighted by Gasteiger charge is 2.27. The molecule has 1 aliphatic carbocycles. The molecule has 9 heteroatoms. The average Bonchev–Trinajstić information content (AvgIpc) is 3.62. The third-order valence-corrected chi connectivity index (χ3v) is 6.21. The Morgan fingerprint density at radius 1 is 1.14 bits per heavy atom. The van der Waals surface area contributed by atoms with E-state index in [2.05, 4.69) is 15.0 Å². The number of nitrogens with zero attached hydrogens (tertiary/aromatic N) is 5. The molecule has 4 aromatic heterocycles. The van der Waals surface area contributed by atoms with Crippen molar-refractivity contribution in [3.05, 3.63) is 77.9 Å². The lowest BCUT2D eigenvalue weighted by Crippen LogP contribution is -2.12. The number of rotatable bonds is 6. The number of esters is 1. The highest BCUT2D eigenvalue weighted by molar-refractivity contribution is 6.07. The molecule has 6 rings (SSSR count). The number of benzene rings is 1. The number of pyridine rings is 1. The van der Waals surface area contributed by atoms with Gasteiger partial charge in [-0.3, -0.25) is 0 Å². The van der Waals surface area contributed by atoms with Crippen LogP contribution in [0.2, 0.25) is 0 Å². The normalized spacial score (nSPS) is 14.1. The van der Waals surface area contributed by atoms with Gasteiger partial charge in [0.2, 0.25) is 0 Å². The number of nitrogen functional groups attached to an aromatic ring is 1. The van der Waals surface area contributed by atoms with Crippen molar-refractivity contribution in [2.24, 2.45) is 0 Å². The first-order valence-corrected chi connectivity index (χ1v) is 11.4. The number of allylic oxidation sites excluding steroid dienone is 1. The number of hydrogen-bond donors (Lipinski definition) is 1. The van der Waals surface area contributed by atoms with Gasteiger partial charge in [-0.25, -0.2) is 24.7 Å². The number of furan rings is 1. The van der Waals surface area contributed by atoms with Crippen LogP contribution in [0.15, 0.2) is 59.7 Å². The molecule has 0 amide bonds. The summed E-state index contributed by atoms with van der Waals surface area (Å²) in [5, 5.41) is 0.809. The van der Waals surface area contributed by atoms with E-state index in [1.807, 2.05) is 47.0 Å². The third kappa shape index (κ3) is 3.80. The molecule has 0 unspecified atom stereocenters. The molecule has 0 fully saturated rings. The number of imidazole rings is 1. The first-order valence-electron chi connectivity index (χ1n) is 11.4. The highest BCUT2D eigenvalue weighted by Crippen LogP contribution is 2.37. The lowest BCUT2D eigenvalue weighted by Gasteiger charge is -2.12. The Labute approximate surface area is 200 Å². The zero-order chi connectivity index (χ0) is 23.8. The quantitative estimate of drug-likeness (QED) is 0.291. The standard InChI is InChI=1S/C26H22N6O3/c27-24-23-25(29-14-28-24)32(15-30-23)10-4-12-35-26(33)21-18-6-1-2-7-20(18)31-22-16(8-9-19(21)22)13-17-5-3-11-34-17/h1-3,5-7,11,13-15H,4,8-10,12H2,(H2,27,28,29)/b16-13-. The van der Waals surface area contributed by atoms with Crippen LogP contribution < -0.4 is 5.73 Å². The molecule has 0 radical (unpaired) electrons. The zero-order valence-corrected chi connectivity index (χ0v) is 18.8. The number of anilines is 1. The minimum absolute atomic E-state index is 0.263. The van der Waals surface area contributed by atoms with Crippen LogP contribution >= 0.6 is 0 Å². The number of carbonyl (C=O) groups is 1. The molecular formula is C26H22N6O3. The molecule has 4 heterocycles. The second-order valence-corrected chi connectivity index (χ2v) is 8.37. The van der Waals surface area contributed by atoms with E-state index in [4.69, 9.17) is 19.9 Å². The number of aromatic nitrogens is 5. The monoisotopic (exact) mass is 466 g/mol. The van der Waals surface area contributed by atoms with Crippen molar-refractivity contribution >= 4 is 45.5 Å². The van der Waals surface area contributed by atoms with Crippen molar-refractivity contribution in [3.8, 4) is 0 Å². The number of para-hydroxylation sites is 1. The predicted octanol–water partition coefficient (Wildman–Crippen LogP) is 4.28. The number of ether oxygens (including phenoxy) is 1. The summed E-state index contributed by atoms with van der Waals surface area (Å²) in [6.07, 6.45) is 8.86. The molecule has 0 saturated heterocycles. The highest BCUT2D eigenvalue weighted by atomic mass is 16.5. The van der Waals surface area contributed by atoms with Crippen molar-refractivity contribution in [1.82, 2.24) is 24.5 Å². The average molecular weight is 467 g/mol. The van der Waals surface area contributed by atoms with Crippen LogP contribution in [0.5, 0.6) is 0 Å². The topological polar surface area (TPSA) is 122 Å². The molecule has 5 aromatic rings. The maximum atomic E-state index is 13.3. The number of carbonyl (C=O) groups excluding carboxylic acids is 1. The smallest absolute Gasteiger partial charge is 0.339 e. The number of fused-ring (bicyclic) bond motifs is 3. The molecule has 174 valence electrons. The first kappa shape index (κ1) is 21.0. The number of hydrogen-bond acceptors (Lipinski definition) is 8. The van der Waals surface area contributed by atoms with Crippen LogP contribution in [0, 0.1) is 0 Å². The van der Waals surface area contributed by atoms with Gasteiger partial charge < -0.3 is 19.5 Å². The Balaban J connectivity index is 1.24. The summed E-state index contributed by atoms with van der Waals surface area (Å²) in [6, 6.07) is 11.5. The largest absolute Gasteiger partial charge is 0.465 e. The molecule has 0 bridgehead atoms. The van der Waals surface area contributed by atoms with Crippen molar-refractivity contribution in [1.29, 1.82) is 0 Å². The predicted molar refractivity (Wildman–Crippen MR) is 131 cm³/mol. The van der Waals surface area contributed by atoms with Gasteiger partial charge in [-0.05, 0) is 54.7 Å². The summed E-state index contributed by atoms with van der Waals surface area (Å²) >= 11 is 0. The van der Waals surface area contributed by atoms with Gasteiger partial charge in [0.25, 0.3) is 0 Å². The van der Waals surface area contributed by atoms with Gasteiger partial charge >= 0.3 is 5.97 Å². The van der Waals surface area contributed by atoms with E-state index in [1.165, 1.54) is 6.33 Å². The van der Waals surface area contributed by atoms with Crippen LogP contribution in [0.25, 0.3) is 33.7 Å². The molecule has 1 aromatic carbocycles. The number of aryl methyl sites for hydroxylation is 1. The summed E-state index contributed by atoms with van der Waals surface area (Å²) in [6.45, 7) is 0.852. The Morgan fingerprint density at radius 3 is 2.94 bits per heavy atom. The maximum Gasteiger partial charge on any atom is 0.339 e. The minimum atomic E-state index is -0.332. The second kappa shape index (κ2) is 8.68. The van der Waals surface area contributed by atoms with E-state index in [1.54, 1.807) is 12.6 Å². The van der Waals surface area contributed by atoms with Crippen LogP contribution in [0.3, 0.4) is 0 Å². The van der Waals surface area contributed by atoms with Gasteiger partial charge in [-0.15, -0.1) is 0 Å². The van der Waals surface area contributed by atoms with E-state index in [0.29, 0.717) is 35.5 Å². The fraction of sp³-hybridized carbons (Fsp3) is 0.192. The summed E-state index contributed by atoms with van der Waals surface area (Å²) in [5.41, 5.74) is 11.3. The summed E-state index contributed by atoms with van der Waals surface area (Å²) < 4.78 is 13.1. The summed E-state index contributed by atoms with van der Waals surface area (Å²) in [4.78, 5) is 30.7. The Bertz CT molecular complexity index is 1590. The maximum absolute atomic E-state index is 13.3. The van der Waals surface area contributed by atoms with Gasteiger partial charge in [0, 0.05) is 11.9 Å². The molecule has 0 saturated carbocycles. The van der Waals surface area contributed by atoms with E-state index >= 15 is 0 Å². The summed E-state index contributed by atoms with van der Waals surface area (Å²) in [7, 11) is 0. The molecule has 35 heavy (non-hydrogen) atoms. The molecular weight excluding hydrogens is 444 g/mol. The van der Waals surface area contributed by atoms with Gasteiger partial charge in [0.1, 0.15) is 17.6 Å². The third-order valence-electron chi connectivity index (χ3n) is 6.21. The second-order valence-electron chi connectivity index (χ2n) is 8.37. The Kier molecular flexibility index (Phi) is 5.21. The van der Waals surface area contributed by atoms with Crippen molar-refractivity contribution in [2.75, 3.05) is 12.3 Å². The lowest BCUT2D eigenvalue weighted by atomic mass is 10.0. The van der Waals surface area contributed by atoms with E-state index < -0.39 is 0 Å². The van der Waals surface area contributed by atoms with Crippen LogP contribution in [0.1, 0.15) is 40.2 Å². The van der Waals surface area contributed by atoms with Crippen LogP contribution in [-0.4, -0.2) is 37.1 Å². The van der Waals surface area contributed by atoms with Crippen molar-refractivity contribution in [2.45, 2.75) is 25.8 Å². The minimum Gasteiger partial charge on any atom is -0.465 e. The van der Waals surface area contributed by atoms with Gasteiger partial charge in [-0.1, -0.05) is 18.2 Å². The summed E-state index contributed by atoms with van der Waals surface area (Å²) in [5.74, 6) is 0.784.